The van der Waals surface area contributed by atoms with Crippen molar-refractivity contribution in [2.75, 3.05) is 34.0 Å². The summed E-state index contributed by atoms with van der Waals surface area (Å²) in [5, 5.41) is 9.89. The third-order valence-electron chi connectivity index (χ3n) is 6.04. The van der Waals surface area contributed by atoms with Gasteiger partial charge in [0.25, 0.3) is 0 Å². The molecule has 1 N–H and O–H groups in total. The van der Waals surface area contributed by atoms with Gasteiger partial charge < -0.3 is 28.8 Å². The molecule has 6 heteroatoms. The minimum atomic E-state index is -0.0851. The maximum absolute atomic E-state index is 9.89. The lowest BCUT2D eigenvalue weighted by Crippen LogP contribution is -2.14. The summed E-state index contributed by atoms with van der Waals surface area (Å²) < 4.78 is 29.1. The zero-order valence-electron chi connectivity index (χ0n) is 18.5. The highest BCUT2D eigenvalue weighted by molar-refractivity contribution is 5.45. The third kappa shape index (κ3) is 4.36. The molecule has 31 heavy (non-hydrogen) atoms. The van der Waals surface area contributed by atoms with Gasteiger partial charge >= 0.3 is 0 Å². The van der Waals surface area contributed by atoms with Crippen molar-refractivity contribution in [3.05, 3.63) is 59.2 Å². The summed E-state index contributed by atoms with van der Waals surface area (Å²) in [6.07, 6.45) is 1.89. The Balaban J connectivity index is 1.51. The first kappa shape index (κ1) is 21.5. The van der Waals surface area contributed by atoms with Gasteiger partial charge in [-0.25, -0.2) is 0 Å². The van der Waals surface area contributed by atoms with E-state index in [1.54, 1.807) is 20.3 Å². The molecule has 6 nitrogen and oxygen atoms in total. The molecule has 0 spiro atoms. The van der Waals surface area contributed by atoms with Gasteiger partial charge in [-0.15, -0.1) is 0 Å². The molecule has 0 bridgehead atoms. The molecule has 2 saturated heterocycles. The summed E-state index contributed by atoms with van der Waals surface area (Å²) in [5.74, 6) is 2.47. The highest BCUT2D eigenvalue weighted by Gasteiger charge is 2.48. The zero-order chi connectivity index (χ0) is 22.0. The molecular formula is C25H30O6. The quantitative estimate of drug-likeness (QED) is 0.640. The van der Waals surface area contributed by atoms with Gasteiger partial charge in [-0.05, 0) is 55.3 Å². The van der Waals surface area contributed by atoms with Crippen molar-refractivity contribution < 1.29 is 28.8 Å². The van der Waals surface area contributed by atoms with E-state index in [0.29, 0.717) is 31.3 Å². The molecule has 2 aliphatic heterocycles. The standard InChI is InChI=1S/C25H30O6/c1-15(2)9-10-29-21-8-6-17(12-23(21)28-4)25-19-14-30-24(18(19)13-31-25)16-5-7-20(26)22(11-16)27-3/h5-9,11-12,18-19,24-26H,10,13-14H2,1-4H3/t18-,19-,24+,25+/m0/s1. The number of aromatic hydroxyl groups is 1. The Hall–Kier alpha value is -2.70. The fourth-order valence-electron chi connectivity index (χ4n) is 4.38. The van der Waals surface area contributed by atoms with Crippen LogP contribution in [-0.4, -0.2) is 39.1 Å². The van der Waals surface area contributed by atoms with E-state index in [-0.39, 0.29) is 29.8 Å². The first-order chi connectivity index (χ1) is 15.0. The van der Waals surface area contributed by atoms with Gasteiger partial charge in [0.2, 0.25) is 0 Å². The molecule has 0 aromatic heterocycles. The predicted molar refractivity (Wildman–Crippen MR) is 117 cm³/mol. The number of benzene rings is 2. The Bertz CT molecular complexity index is 949. The largest absolute Gasteiger partial charge is 0.504 e. The first-order valence-electron chi connectivity index (χ1n) is 10.6. The second kappa shape index (κ2) is 9.20. The predicted octanol–water partition coefficient (Wildman–Crippen LogP) is 4.83. The van der Waals surface area contributed by atoms with Crippen LogP contribution in [0.1, 0.15) is 37.2 Å². The molecule has 2 aliphatic rings. The van der Waals surface area contributed by atoms with Crippen LogP contribution in [-0.2, 0) is 9.47 Å². The average Bonchev–Trinajstić information content (AvgIpc) is 3.36. The SMILES string of the molecule is COc1cc([C@H]2OC[C@H]3[C@@H]2CO[C@@H]3c2ccc(OCC=C(C)C)c(OC)c2)ccc1O. The fraction of sp³-hybridized carbons (Fsp3) is 0.440. The summed E-state index contributed by atoms with van der Waals surface area (Å²) in [6.45, 7) is 5.83. The minimum Gasteiger partial charge on any atom is -0.504 e. The summed E-state index contributed by atoms with van der Waals surface area (Å²) in [4.78, 5) is 0. The number of hydrogen-bond donors (Lipinski definition) is 1. The molecule has 0 saturated carbocycles. The number of hydrogen-bond acceptors (Lipinski definition) is 6. The molecule has 2 fully saturated rings. The first-order valence-corrected chi connectivity index (χ1v) is 10.6. The van der Waals surface area contributed by atoms with Crippen molar-refractivity contribution in [2.45, 2.75) is 26.1 Å². The van der Waals surface area contributed by atoms with Crippen molar-refractivity contribution in [3.8, 4) is 23.0 Å². The molecule has 2 aromatic carbocycles. The molecule has 2 heterocycles. The second-order valence-electron chi connectivity index (χ2n) is 8.27. The van der Waals surface area contributed by atoms with Gasteiger partial charge in [0, 0.05) is 11.8 Å². The van der Waals surface area contributed by atoms with E-state index in [0.717, 1.165) is 16.9 Å². The smallest absolute Gasteiger partial charge is 0.161 e. The Morgan fingerprint density at radius 3 is 2.06 bits per heavy atom. The van der Waals surface area contributed by atoms with Crippen LogP contribution in [0.15, 0.2) is 48.0 Å². The number of fused-ring (bicyclic) bond motifs is 1. The van der Waals surface area contributed by atoms with Crippen LogP contribution in [0.4, 0.5) is 0 Å². The van der Waals surface area contributed by atoms with Crippen LogP contribution >= 0.6 is 0 Å². The second-order valence-corrected chi connectivity index (χ2v) is 8.27. The van der Waals surface area contributed by atoms with E-state index in [4.69, 9.17) is 23.7 Å². The van der Waals surface area contributed by atoms with Crippen LogP contribution in [0.2, 0.25) is 0 Å². The van der Waals surface area contributed by atoms with E-state index < -0.39 is 0 Å². The summed E-state index contributed by atoms with van der Waals surface area (Å²) in [7, 11) is 3.20. The van der Waals surface area contributed by atoms with Crippen LogP contribution < -0.4 is 14.2 Å². The third-order valence-corrected chi connectivity index (χ3v) is 6.04. The summed E-state index contributed by atoms with van der Waals surface area (Å²) in [6, 6.07) is 11.4. The minimum absolute atomic E-state index is 0.0604. The van der Waals surface area contributed by atoms with Crippen LogP contribution in [0.5, 0.6) is 23.0 Å². The monoisotopic (exact) mass is 426 g/mol. The van der Waals surface area contributed by atoms with Crippen LogP contribution in [0.3, 0.4) is 0 Å². The Morgan fingerprint density at radius 1 is 0.903 bits per heavy atom. The van der Waals surface area contributed by atoms with E-state index in [9.17, 15) is 5.11 Å². The molecule has 0 aliphatic carbocycles. The molecule has 0 unspecified atom stereocenters. The summed E-state index contributed by atoms with van der Waals surface area (Å²) >= 11 is 0. The Labute approximate surface area is 183 Å². The maximum atomic E-state index is 9.89. The van der Waals surface area contributed by atoms with Crippen LogP contribution in [0, 0.1) is 11.8 Å². The number of phenolic OH excluding ortho intramolecular Hbond substituents is 1. The van der Waals surface area contributed by atoms with Crippen molar-refractivity contribution in [1.29, 1.82) is 0 Å². The molecule has 4 atom stereocenters. The molecule has 2 aromatic rings. The normalized spacial score (nSPS) is 24.5. The van der Waals surface area contributed by atoms with E-state index in [1.807, 2.05) is 50.3 Å². The summed E-state index contributed by atoms with van der Waals surface area (Å²) in [5.41, 5.74) is 3.27. The lowest BCUT2D eigenvalue weighted by Gasteiger charge is -2.19. The zero-order valence-corrected chi connectivity index (χ0v) is 18.5. The Kier molecular flexibility index (Phi) is 6.39. The van der Waals surface area contributed by atoms with Crippen molar-refractivity contribution in [1.82, 2.24) is 0 Å². The van der Waals surface area contributed by atoms with Crippen molar-refractivity contribution >= 4 is 0 Å². The molecule has 4 rings (SSSR count). The number of rotatable bonds is 7. The van der Waals surface area contributed by atoms with E-state index in [1.165, 1.54) is 5.57 Å². The molecular weight excluding hydrogens is 396 g/mol. The van der Waals surface area contributed by atoms with Gasteiger partial charge in [0.05, 0.1) is 39.6 Å². The molecule has 0 radical (unpaired) electrons. The van der Waals surface area contributed by atoms with Gasteiger partial charge in [-0.3, -0.25) is 0 Å². The lowest BCUT2D eigenvalue weighted by atomic mass is 9.85. The van der Waals surface area contributed by atoms with Gasteiger partial charge in [-0.2, -0.15) is 0 Å². The van der Waals surface area contributed by atoms with Gasteiger partial charge in [0.15, 0.2) is 23.0 Å². The van der Waals surface area contributed by atoms with E-state index >= 15 is 0 Å². The number of allylic oxidation sites excluding steroid dienone is 1. The fourth-order valence-corrected chi connectivity index (χ4v) is 4.38. The highest BCUT2D eigenvalue weighted by Crippen LogP contribution is 2.51. The number of phenols is 1. The van der Waals surface area contributed by atoms with Gasteiger partial charge in [0.1, 0.15) is 6.61 Å². The number of methoxy groups -OCH3 is 2. The van der Waals surface area contributed by atoms with Crippen molar-refractivity contribution in [2.24, 2.45) is 11.8 Å². The maximum Gasteiger partial charge on any atom is 0.161 e. The van der Waals surface area contributed by atoms with Gasteiger partial charge in [-0.1, -0.05) is 17.7 Å². The topological polar surface area (TPSA) is 66.4 Å². The Morgan fingerprint density at radius 2 is 1.48 bits per heavy atom. The van der Waals surface area contributed by atoms with Crippen molar-refractivity contribution in [3.63, 3.8) is 0 Å². The average molecular weight is 427 g/mol. The molecule has 0 amide bonds. The number of ether oxygens (including phenoxy) is 5. The highest BCUT2D eigenvalue weighted by atomic mass is 16.5. The van der Waals surface area contributed by atoms with Crippen LogP contribution in [0.25, 0.3) is 0 Å². The molecule has 166 valence electrons. The lowest BCUT2D eigenvalue weighted by molar-refractivity contribution is 0.0191. The van der Waals surface area contributed by atoms with E-state index in [2.05, 4.69) is 0 Å².